The van der Waals surface area contributed by atoms with Crippen molar-refractivity contribution in [3.8, 4) is 0 Å². The van der Waals surface area contributed by atoms with Crippen LogP contribution in [-0.4, -0.2) is 24.1 Å². The van der Waals surface area contributed by atoms with Crippen LogP contribution in [0.1, 0.15) is 39.5 Å². The third-order valence-electron chi connectivity index (χ3n) is 3.95. The molecule has 126 valence electrons. The molecule has 0 bridgehead atoms. The number of ether oxygens (including phenoxy) is 1. The molecule has 1 aromatic carbocycles. The van der Waals surface area contributed by atoms with Crippen LogP contribution in [0.4, 0.5) is 16.2 Å². The summed E-state index contributed by atoms with van der Waals surface area (Å²) in [4.78, 5) is 23.6. The van der Waals surface area contributed by atoms with Crippen LogP contribution >= 0.6 is 0 Å². The normalized spacial score (nSPS) is 20.8. The molecular formula is C17H25N3O3. The van der Waals surface area contributed by atoms with Gasteiger partial charge in [0.25, 0.3) is 0 Å². The lowest BCUT2D eigenvalue weighted by molar-refractivity contribution is -0.125. The number of anilines is 2. The fourth-order valence-corrected chi connectivity index (χ4v) is 2.61. The Bertz CT molecular complexity index is 552. The minimum absolute atomic E-state index is 0.00643. The van der Waals surface area contributed by atoms with Crippen LogP contribution in [0.2, 0.25) is 0 Å². The highest BCUT2D eigenvalue weighted by atomic mass is 16.6. The highest BCUT2D eigenvalue weighted by molar-refractivity contribution is 5.85. The van der Waals surface area contributed by atoms with Gasteiger partial charge >= 0.3 is 6.09 Å². The first-order valence-corrected chi connectivity index (χ1v) is 8.07. The Labute approximate surface area is 136 Å². The van der Waals surface area contributed by atoms with Gasteiger partial charge in [-0.15, -0.1) is 0 Å². The lowest BCUT2D eigenvalue weighted by Crippen LogP contribution is -2.41. The molecule has 0 unspecified atom stereocenters. The van der Waals surface area contributed by atoms with Crippen molar-refractivity contribution < 1.29 is 14.3 Å². The second-order valence-electron chi connectivity index (χ2n) is 6.29. The smallest absolute Gasteiger partial charge is 0.411 e. The lowest BCUT2D eigenvalue weighted by Gasteiger charge is -2.29. The Morgan fingerprint density at radius 2 is 1.91 bits per heavy atom. The van der Waals surface area contributed by atoms with Crippen LogP contribution in [0.5, 0.6) is 0 Å². The largest absolute Gasteiger partial charge is 0.446 e. The number of nitrogen functional groups attached to an aromatic ring is 1. The maximum absolute atomic E-state index is 11.9. The number of carbonyl (C=O) groups excluding carboxylic acids is 2. The van der Waals surface area contributed by atoms with Crippen LogP contribution < -0.4 is 16.4 Å². The van der Waals surface area contributed by atoms with Gasteiger partial charge in [0.05, 0.1) is 0 Å². The summed E-state index contributed by atoms with van der Waals surface area (Å²) < 4.78 is 5.43. The molecule has 0 spiro atoms. The highest BCUT2D eigenvalue weighted by Gasteiger charge is 2.25. The second kappa shape index (κ2) is 7.85. The van der Waals surface area contributed by atoms with Crippen molar-refractivity contribution in [3.05, 3.63) is 24.3 Å². The van der Waals surface area contributed by atoms with Crippen LogP contribution in [-0.2, 0) is 9.53 Å². The first-order chi connectivity index (χ1) is 10.9. The Balaban J connectivity index is 1.73. The van der Waals surface area contributed by atoms with E-state index in [9.17, 15) is 9.59 Å². The molecular weight excluding hydrogens is 294 g/mol. The van der Waals surface area contributed by atoms with E-state index in [-0.39, 0.29) is 24.0 Å². The minimum Gasteiger partial charge on any atom is -0.446 e. The van der Waals surface area contributed by atoms with E-state index in [4.69, 9.17) is 10.5 Å². The molecule has 4 N–H and O–H groups in total. The summed E-state index contributed by atoms with van der Waals surface area (Å²) in [5, 5.41) is 5.71. The fraction of sp³-hybridized carbons (Fsp3) is 0.529. The number of rotatable bonds is 4. The number of nitrogens with two attached hydrogens (primary N) is 1. The van der Waals surface area contributed by atoms with Gasteiger partial charge in [-0.1, -0.05) is 19.9 Å². The predicted octanol–water partition coefficient (Wildman–Crippen LogP) is 2.90. The highest BCUT2D eigenvalue weighted by Crippen LogP contribution is 2.22. The van der Waals surface area contributed by atoms with E-state index in [0.29, 0.717) is 11.4 Å². The first kappa shape index (κ1) is 17.1. The topological polar surface area (TPSA) is 93.4 Å². The molecule has 2 rings (SSSR count). The zero-order valence-electron chi connectivity index (χ0n) is 13.7. The third kappa shape index (κ3) is 5.47. The van der Waals surface area contributed by atoms with Gasteiger partial charge in [0.1, 0.15) is 6.10 Å². The molecule has 0 atom stereocenters. The van der Waals surface area contributed by atoms with Gasteiger partial charge in [-0.05, 0) is 43.9 Å². The number of benzene rings is 1. The summed E-state index contributed by atoms with van der Waals surface area (Å²) in [6, 6.07) is 7.15. The van der Waals surface area contributed by atoms with E-state index in [0.717, 1.165) is 25.7 Å². The molecule has 0 radical (unpaired) electrons. The molecule has 6 heteroatoms. The van der Waals surface area contributed by atoms with Crippen molar-refractivity contribution >= 4 is 23.4 Å². The van der Waals surface area contributed by atoms with Crippen molar-refractivity contribution in [3.63, 3.8) is 0 Å². The molecule has 6 nitrogen and oxygen atoms in total. The average Bonchev–Trinajstić information content (AvgIpc) is 2.49. The summed E-state index contributed by atoms with van der Waals surface area (Å²) >= 11 is 0. The Morgan fingerprint density at radius 1 is 1.22 bits per heavy atom. The molecule has 1 aromatic rings. The van der Waals surface area contributed by atoms with Gasteiger partial charge in [-0.3, -0.25) is 10.1 Å². The van der Waals surface area contributed by atoms with Gasteiger partial charge in [0.15, 0.2) is 0 Å². The molecule has 1 saturated carbocycles. The average molecular weight is 319 g/mol. The Kier molecular flexibility index (Phi) is 5.84. The SMILES string of the molecule is CC(C)C(=O)NC1CCC(OC(=O)Nc2cccc(N)c2)CC1. The Hall–Kier alpha value is -2.24. The molecule has 0 aromatic heterocycles. The molecule has 0 aliphatic heterocycles. The minimum atomic E-state index is -0.467. The number of nitrogens with one attached hydrogen (secondary N) is 2. The van der Waals surface area contributed by atoms with Gasteiger partial charge in [0, 0.05) is 23.3 Å². The van der Waals surface area contributed by atoms with Crippen LogP contribution in [0.25, 0.3) is 0 Å². The number of amides is 2. The molecule has 2 amide bonds. The number of carbonyl (C=O) groups is 2. The molecule has 1 aliphatic carbocycles. The standard InChI is InChI=1S/C17H25N3O3/c1-11(2)16(21)19-13-6-8-15(9-7-13)23-17(22)20-14-5-3-4-12(18)10-14/h3-5,10-11,13,15H,6-9,18H2,1-2H3,(H,19,21)(H,20,22). The van der Waals surface area contributed by atoms with Crippen molar-refractivity contribution in [1.29, 1.82) is 0 Å². The van der Waals surface area contributed by atoms with Crippen LogP contribution in [0.15, 0.2) is 24.3 Å². The molecule has 23 heavy (non-hydrogen) atoms. The first-order valence-electron chi connectivity index (χ1n) is 8.07. The third-order valence-corrected chi connectivity index (χ3v) is 3.95. The summed E-state index contributed by atoms with van der Waals surface area (Å²) in [5.74, 6) is 0.0711. The maximum atomic E-state index is 11.9. The Morgan fingerprint density at radius 3 is 2.52 bits per heavy atom. The second-order valence-corrected chi connectivity index (χ2v) is 6.29. The molecule has 1 aliphatic rings. The van der Waals surface area contributed by atoms with E-state index >= 15 is 0 Å². The molecule has 0 saturated heterocycles. The van der Waals surface area contributed by atoms with Gasteiger partial charge in [-0.25, -0.2) is 4.79 Å². The van der Waals surface area contributed by atoms with Crippen molar-refractivity contribution in [1.82, 2.24) is 5.32 Å². The lowest BCUT2D eigenvalue weighted by atomic mass is 9.92. The summed E-state index contributed by atoms with van der Waals surface area (Å²) in [6.45, 7) is 3.76. The van der Waals surface area contributed by atoms with Gasteiger partial charge in [0.2, 0.25) is 5.91 Å². The molecule has 1 fully saturated rings. The van der Waals surface area contributed by atoms with Crippen molar-refractivity contribution in [2.24, 2.45) is 5.92 Å². The van der Waals surface area contributed by atoms with Gasteiger partial charge < -0.3 is 15.8 Å². The van der Waals surface area contributed by atoms with Crippen LogP contribution in [0.3, 0.4) is 0 Å². The molecule has 0 heterocycles. The van der Waals surface area contributed by atoms with E-state index in [1.165, 1.54) is 0 Å². The maximum Gasteiger partial charge on any atom is 0.411 e. The van der Waals surface area contributed by atoms with Crippen molar-refractivity contribution in [2.45, 2.75) is 51.7 Å². The van der Waals surface area contributed by atoms with Gasteiger partial charge in [-0.2, -0.15) is 0 Å². The zero-order chi connectivity index (χ0) is 16.8. The predicted molar refractivity (Wildman–Crippen MR) is 90.0 cm³/mol. The summed E-state index contributed by atoms with van der Waals surface area (Å²) in [5.41, 5.74) is 6.87. The van der Waals surface area contributed by atoms with E-state index in [2.05, 4.69) is 10.6 Å². The van der Waals surface area contributed by atoms with Crippen molar-refractivity contribution in [2.75, 3.05) is 11.1 Å². The fourth-order valence-electron chi connectivity index (χ4n) is 2.61. The number of hydrogen-bond donors (Lipinski definition) is 3. The summed E-state index contributed by atoms with van der Waals surface area (Å²) in [6.07, 6.45) is 2.60. The monoisotopic (exact) mass is 319 g/mol. The van der Waals surface area contributed by atoms with E-state index in [1.54, 1.807) is 24.3 Å². The number of hydrogen-bond acceptors (Lipinski definition) is 4. The zero-order valence-corrected chi connectivity index (χ0v) is 13.7. The van der Waals surface area contributed by atoms with E-state index < -0.39 is 6.09 Å². The quantitative estimate of drug-likeness (QED) is 0.744. The van der Waals surface area contributed by atoms with E-state index in [1.807, 2.05) is 13.8 Å². The van der Waals surface area contributed by atoms with Crippen LogP contribution in [0, 0.1) is 5.92 Å². The summed E-state index contributed by atoms with van der Waals surface area (Å²) in [7, 11) is 0.